The Morgan fingerprint density at radius 1 is 0.903 bits per heavy atom. The van der Waals surface area contributed by atoms with E-state index in [0.717, 1.165) is 64.7 Å². The van der Waals surface area contributed by atoms with Crippen LogP contribution in [0, 0.1) is 0 Å². The predicted octanol–water partition coefficient (Wildman–Crippen LogP) is 3.75. The Hall–Kier alpha value is -1.79. The summed E-state index contributed by atoms with van der Waals surface area (Å²) in [5, 5.41) is 3.77. The van der Waals surface area contributed by atoms with Crippen molar-refractivity contribution in [1.29, 1.82) is 0 Å². The highest BCUT2D eigenvalue weighted by Crippen LogP contribution is 2.33. The Bertz CT molecular complexity index is 818. The summed E-state index contributed by atoms with van der Waals surface area (Å²) in [6.45, 7) is 3.67. The lowest BCUT2D eigenvalue weighted by Gasteiger charge is -2.44. The first kappa shape index (κ1) is 21.1. The lowest BCUT2D eigenvalue weighted by atomic mass is 9.89. The van der Waals surface area contributed by atoms with Gasteiger partial charge in [0, 0.05) is 38.3 Å². The van der Waals surface area contributed by atoms with Gasteiger partial charge in [0.05, 0.1) is 22.7 Å². The second-order valence-electron chi connectivity index (χ2n) is 9.59. The molecule has 5 rings (SSSR count). The molecule has 0 radical (unpaired) electrons. The van der Waals surface area contributed by atoms with Gasteiger partial charge in [-0.3, -0.25) is 4.79 Å². The molecule has 1 aromatic rings. The molecule has 31 heavy (non-hydrogen) atoms. The number of nitrogens with zero attached hydrogens (tertiary/aromatic N) is 3. The molecule has 168 valence electrons. The van der Waals surface area contributed by atoms with Crippen LogP contribution in [-0.2, 0) is 0 Å². The Labute approximate surface area is 189 Å². The van der Waals surface area contributed by atoms with E-state index >= 15 is 0 Å². The number of hydrogen-bond donors (Lipinski definition) is 1. The number of halogens is 1. The topological polar surface area (TPSA) is 55.9 Å². The fraction of sp³-hybridized carbons (Fsp3) is 0.667. The molecule has 1 saturated carbocycles. The molecular weight excluding hydrogens is 412 g/mol. The molecule has 7 heteroatoms. The largest absolute Gasteiger partial charge is 0.338 e. The summed E-state index contributed by atoms with van der Waals surface area (Å²) in [5.41, 5.74) is 0.605. The van der Waals surface area contributed by atoms with Crippen molar-refractivity contribution < 1.29 is 9.59 Å². The number of likely N-dealkylation sites (tertiary alicyclic amines) is 2. The van der Waals surface area contributed by atoms with Gasteiger partial charge < -0.3 is 20.0 Å². The Morgan fingerprint density at radius 3 is 2.32 bits per heavy atom. The van der Waals surface area contributed by atoms with Crippen molar-refractivity contribution in [2.75, 3.05) is 26.2 Å². The number of piperidine rings is 2. The van der Waals surface area contributed by atoms with E-state index in [2.05, 4.69) is 15.1 Å². The Kier molecular flexibility index (Phi) is 6.11. The summed E-state index contributed by atoms with van der Waals surface area (Å²) in [6.07, 6.45) is 8.93. The number of carbonyl (C=O) groups is 2. The van der Waals surface area contributed by atoms with Crippen LogP contribution >= 0.6 is 11.6 Å². The van der Waals surface area contributed by atoms with Crippen LogP contribution in [0.5, 0.6) is 0 Å². The Balaban J connectivity index is 1.13. The van der Waals surface area contributed by atoms with Crippen LogP contribution in [0.4, 0.5) is 4.79 Å². The maximum Gasteiger partial charge on any atom is 0.318 e. The summed E-state index contributed by atoms with van der Waals surface area (Å²) in [6, 6.07) is 9.19. The zero-order valence-corrected chi connectivity index (χ0v) is 18.9. The van der Waals surface area contributed by atoms with Crippen molar-refractivity contribution in [3.8, 4) is 0 Å². The van der Waals surface area contributed by atoms with E-state index in [0.29, 0.717) is 34.8 Å². The summed E-state index contributed by atoms with van der Waals surface area (Å²) >= 11 is 6.22. The molecule has 1 N–H and O–H groups in total. The zero-order chi connectivity index (χ0) is 21.4. The van der Waals surface area contributed by atoms with Gasteiger partial charge in [-0.1, -0.05) is 36.6 Å². The van der Waals surface area contributed by atoms with E-state index in [9.17, 15) is 9.59 Å². The molecule has 3 amide bonds. The van der Waals surface area contributed by atoms with E-state index in [1.807, 2.05) is 23.1 Å². The smallest absolute Gasteiger partial charge is 0.318 e. The van der Waals surface area contributed by atoms with Crippen LogP contribution < -0.4 is 5.32 Å². The molecule has 2 atom stereocenters. The van der Waals surface area contributed by atoms with Crippen molar-refractivity contribution in [2.45, 2.75) is 75.5 Å². The third kappa shape index (κ3) is 4.17. The summed E-state index contributed by atoms with van der Waals surface area (Å²) in [4.78, 5) is 32.2. The highest BCUT2D eigenvalue weighted by molar-refractivity contribution is 6.33. The average molecular weight is 445 g/mol. The van der Waals surface area contributed by atoms with Gasteiger partial charge in [-0.25, -0.2) is 4.79 Å². The quantitative estimate of drug-likeness (QED) is 0.772. The van der Waals surface area contributed by atoms with Gasteiger partial charge in [-0.15, -0.1) is 0 Å². The van der Waals surface area contributed by atoms with Crippen LogP contribution in [0.25, 0.3) is 0 Å². The van der Waals surface area contributed by atoms with E-state index in [1.54, 1.807) is 6.07 Å². The van der Waals surface area contributed by atoms with Gasteiger partial charge in [0.25, 0.3) is 5.91 Å². The number of rotatable bonds is 3. The van der Waals surface area contributed by atoms with Gasteiger partial charge in [-0.05, 0) is 50.7 Å². The molecule has 6 nitrogen and oxygen atoms in total. The monoisotopic (exact) mass is 444 g/mol. The normalized spacial score (nSPS) is 28.5. The SMILES string of the molecule is O=C(c1ccccc1Cl)N1CCC(N2CCC(N3C(=O)N[C@H]4CCCC[C@@H]43)CC2)CC1. The number of benzene rings is 1. The number of nitrogens with one attached hydrogen (secondary N) is 1. The number of amides is 3. The fourth-order valence-corrected chi connectivity index (χ4v) is 6.42. The minimum Gasteiger partial charge on any atom is -0.338 e. The van der Waals surface area contributed by atoms with Crippen molar-refractivity contribution in [1.82, 2.24) is 20.0 Å². The Morgan fingerprint density at radius 2 is 1.58 bits per heavy atom. The molecule has 0 spiro atoms. The summed E-state index contributed by atoms with van der Waals surface area (Å²) in [7, 11) is 0. The molecular formula is C24H33ClN4O2. The molecule has 4 fully saturated rings. The number of hydrogen-bond acceptors (Lipinski definition) is 3. The average Bonchev–Trinajstić information content (AvgIpc) is 3.15. The number of fused-ring (bicyclic) bond motifs is 1. The molecule has 0 aromatic heterocycles. The van der Waals surface area contributed by atoms with Crippen LogP contribution in [0.2, 0.25) is 5.02 Å². The first-order chi connectivity index (χ1) is 15.1. The third-order valence-corrected chi connectivity index (χ3v) is 8.22. The van der Waals surface area contributed by atoms with Gasteiger partial charge in [0.15, 0.2) is 0 Å². The zero-order valence-electron chi connectivity index (χ0n) is 18.1. The van der Waals surface area contributed by atoms with Gasteiger partial charge in [0.2, 0.25) is 0 Å². The lowest BCUT2D eigenvalue weighted by molar-refractivity contribution is 0.0472. The third-order valence-electron chi connectivity index (χ3n) is 7.89. The molecule has 1 aromatic carbocycles. The number of carbonyl (C=O) groups excluding carboxylic acids is 2. The minimum atomic E-state index is 0.0461. The highest BCUT2D eigenvalue weighted by Gasteiger charge is 2.44. The summed E-state index contributed by atoms with van der Waals surface area (Å²) < 4.78 is 0. The maximum absolute atomic E-state index is 12.8. The van der Waals surface area contributed by atoms with Crippen LogP contribution in [0.1, 0.15) is 61.7 Å². The molecule has 0 bridgehead atoms. The molecule has 1 aliphatic carbocycles. The highest BCUT2D eigenvalue weighted by atomic mass is 35.5. The fourth-order valence-electron chi connectivity index (χ4n) is 6.20. The van der Waals surface area contributed by atoms with Crippen LogP contribution in [-0.4, -0.2) is 77.0 Å². The molecule has 3 saturated heterocycles. The first-order valence-electron chi connectivity index (χ1n) is 12.0. The van der Waals surface area contributed by atoms with Crippen molar-refractivity contribution in [3.05, 3.63) is 34.9 Å². The second kappa shape index (κ2) is 8.99. The second-order valence-corrected chi connectivity index (χ2v) is 9.99. The van der Waals surface area contributed by atoms with Crippen LogP contribution in [0.15, 0.2) is 24.3 Å². The van der Waals surface area contributed by atoms with Crippen molar-refractivity contribution >= 4 is 23.5 Å². The standard InChI is InChI=1S/C24H33ClN4O2/c25-20-6-2-1-5-19(20)23(30)28-15-9-17(10-16-28)27-13-11-18(12-14-27)29-22-8-4-3-7-21(22)26-24(29)31/h1-2,5-6,17-18,21-22H,3-4,7-16H2,(H,26,31)/t21-,22-/m0/s1. The molecule has 4 aliphatic rings. The van der Waals surface area contributed by atoms with E-state index < -0.39 is 0 Å². The van der Waals surface area contributed by atoms with Crippen molar-refractivity contribution in [3.63, 3.8) is 0 Å². The van der Waals surface area contributed by atoms with Gasteiger partial charge in [0.1, 0.15) is 0 Å². The molecule has 3 heterocycles. The van der Waals surface area contributed by atoms with Crippen LogP contribution in [0.3, 0.4) is 0 Å². The molecule has 3 aliphatic heterocycles. The van der Waals surface area contributed by atoms with E-state index in [4.69, 9.17) is 11.6 Å². The maximum atomic E-state index is 12.8. The predicted molar refractivity (Wildman–Crippen MR) is 121 cm³/mol. The molecule has 0 unspecified atom stereocenters. The summed E-state index contributed by atoms with van der Waals surface area (Å²) in [5.74, 6) is 0.0461. The lowest BCUT2D eigenvalue weighted by Crippen LogP contribution is -2.53. The number of urea groups is 1. The van der Waals surface area contributed by atoms with Gasteiger partial charge in [-0.2, -0.15) is 0 Å². The van der Waals surface area contributed by atoms with Crippen molar-refractivity contribution in [2.24, 2.45) is 0 Å². The van der Waals surface area contributed by atoms with Gasteiger partial charge >= 0.3 is 6.03 Å². The first-order valence-corrected chi connectivity index (χ1v) is 12.4. The van der Waals surface area contributed by atoms with E-state index in [-0.39, 0.29) is 11.9 Å². The van der Waals surface area contributed by atoms with E-state index in [1.165, 1.54) is 12.8 Å². The minimum absolute atomic E-state index is 0.0461.